The van der Waals surface area contributed by atoms with E-state index < -0.39 is 10.0 Å². The molecule has 0 spiro atoms. The van der Waals surface area contributed by atoms with Gasteiger partial charge in [0.05, 0.1) is 23.8 Å². The van der Waals surface area contributed by atoms with Gasteiger partial charge in [-0.2, -0.15) is 9.42 Å². The van der Waals surface area contributed by atoms with Crippen molar-refractivity contribution in [1.82, 2.24) is 4.31 Å². The number of morpholine rings is 1. The van der Waals surface area contributed by atoms with Gasteiger partial charge in [0, 0.05) is 17.6 Å². The monoisotopic (exact) mass is 425 g/mol. The quantitative estimate of drug-likeness (QED) is 0.757. The van der Waals surface area contributed by atoms with Crippen LogP contribution in [0.4, 0.5) is 11.4 Å². The van der Waals surface area contributed by atoms with Crippen molar-refractivity contribution in [2.45, 2.75) is 4.90 Å². The number of sulfonamides is 1. The lowest BCUT2D eigenvalue weighted by atomic mass is 10.3. The molecule has 0 saturated carbocycles. The number of rotatable bonds is 4. The van der Waals surface area contributed by atoms with Gasteiger partial charge in [0.25, 0.3) is 0 Å². The molecular formula is C16H16BrN3O4S. The van der Waals surface area contributed by atoms with Crippen LogP contribution in [0.2, 0.25) is 0 Å². The number of benzene rings is 2. The fourth-order valence-corrected chi connectivity index (χ4v) is 4.07. The molecule has 1 heterocycles. The number of azo groups is 1. The fraction of sp³-hybridized carbons (Fsp3) is 0.250. The van der Waals surface area contributed by atoms with Crippen LogP contribution >= 0.6 is 15.9 Å². The number of halogens is 1. The first kappa shape index (κ1) is 18.0. The molecule has 1 N–H and O–H groups in total. The van der Waals surface area contributed by atoms with Crippen LogP contribution in [0.25, 0.3) is 0 Å². The Hall–Kier alpha value is -1.81. The molecule has 0 aliphatic carbocycles. The normalized spacial score (nSPS) is 16.4. The first-order valence-corrected chi connectivity index (χ1v) is 9.78. The molecule has 2 aromatic carbocycles. The van der Waals surface area contributed by atoms with Crippen LogP contribution in [0.15, 0.2) is 62.1 Å². The topological polar surface area (TPSA) is 91.6 Å². The third-order valence-corrected chi connectivity index (χ3v) is 6.06. The second-order valence-electron chi connectivity index (χ2n) is 5.34. The summed E-state index contributed by atoms with van der Waals surface area (Å²) in [5.74, 6) is 0.0125. The Bertz CT molecular complexity index is 879. The number of hydrogen-bond donors (Lipinski definition) is 1. The molecule has 2 aromatic rings. The molecule has 3 rings (SSSR count). The average Bonchev–Trinajstić information content (AvgIpc) is 2.63. The van der Waals surface area contributed by atoms with E-state index in [1.807, 2.05) is 0 Å². The van der Waals surface area contributed by atoms with Gasteiger partial charge in [-0.15, -0.1) is 5.11 Å². The fourth-order valence-electron chi connectivity index (χ4n) is 2.31. The minimum atomic E-state index is -3.52. The highest BCUT2D eigenvalue weighted by Crippen LogP contribution is 2.31. The number of hydrogen-bond acceptors (Lipinski definition) is 6. The molecule has 1 aliphatic heterocycles. The van der Waals surface area contributed by atoms with E-state index in [0.29, 0.717) is 37.7 Å². The van der Waals surface area contributed by atoms with Crippen molar-refractivity contribution in [3.05, 3.63) is 46.9 Å². The van der Waals surface area contributed by atoms with Gasteiger partial charge in [-0.3, -0.25) is 0 Å². The standard InChI is InChI=1S/C16H16BrN3O4S/c17-12-1-6-16(21)15(11-12)19-18-13-2-4-14(5-3-13)25(22,23)20-7-9-24-10-8-20/h1-6,11,21H,7-10H2. The number of ether oxygens (including phenoxy) is 1. The Balaban J connectivity index is 1.78. The molecule has 25 heavy (non-hydrogen) atoms. The maximum atomic E-state index is 12.5. The summed E-state index contributed by atoms with van der Waals surface area (Å²) in [6.45, 7) is 1.52. The first-order valence-electron chi connectivity index (χ1n) is 7.55. The number of phenols is 1. The minimum absolute atomic E-state index is 0.0125. The SMILES string of the molecule is O=S(=O)(c1ccc(N=Nc2cc(Br)ccc2O)cc1)N1CCOCC1. The van der Waals surface area contributed by atoms with Gasteiger partial charge in [-0.1, -0.05) is 15.9 Å². The van der Waals surface area contributed by atoms with E-state index in [1.54, 1.807) is 24.3 Å². The van der Waals surface area contributed by atoms with Gasteiger partial charge in [0.2, 0.25) is 10.0 Å². The third-order valence-electron chi connectivity index (χ3n) is 3.66. The summed E-state index contributed by atoms with van der Waals surface area (Å²) in [7, 11) is -3.52. The van der Waals surface area contributed by atoms with Crippen molar-refractivity contribution < 1.29 is 18.3 Å². The molecule has 7 nitrogen and oxygen atoms in total. The van der Waals surface area contributed by atoms with Crippen molar-refractivity contribution in [2.24, 2.45) is 10.2 Å². The van der Waals surface area contributed by atoms with Gasteiger partial charge < -0.3 is 9.84 Å². The van der Waals surface area contributed by atoms with E-state index in [-0.39, 0.29) is 10.6 Å². The lowest BCUT2D eigenvalue weighted by Gasteiger charge is -2.25. The lowest BCUT2D eigenvalue weighted by molar-refractivity contribution is 0.0730. The van der Waals surface area contributed by atoms with Gasteiger partial charge in [0.15, 0.2) is 0 Å². The third kappa shape index (κ3) is 4.24. The molecular weight excluding hydrogens is 410 g/mol. The Morgan fingerprint density at radius 2 is 1.72 bits per heavy atom. The summed E-state index contributed by atoms with van der Waals surface area (Å²) in [6.07, 6.45) is 0. The van der Waals surface area contributed by atoms with Crippen LogP contribution in [0, 0.1) is 0 Å². The molecule has 0 unspecified atom stereocenters. The predicted molar refractivity (Wildman–Crippen MR) is 96.0 cm³/mol. The molecule has 9 heteroatoms. The first-order chi connectivity index (χ1) is 12.0. The smallest absolute Gasteiger partial charge is 0.243 e. The Kier molecular flexibility index (Phi) is 5.48. The second kappa shape index (κ2) is 7.61. The predicted octanol–water partition coefficient (Wildman–Crippen LogP) is 3.59. The number of nitrogens with zero attached hydrogens (tertiary/aromatic N) is 3. The molecule has 1 aliphatic rings. The molecule has 1 saturated heterocycles. The maximum absolute atomic E-state index is 12.5. The average molecular weight is 426 g/mol. The lowest BCUT2D eigenvalue weighted by Crippen LogP contribution is -2.40. The van der Waals surface area contributed by atoms with Crippen molar-refractivity contribution in [1.29, 1.82) is 0 Å². The van der Waals surface area contributed by atoms with E-state index in [1.165, 1.54) is 22.5 Å². The minimum Gasteiger partial charge on any atom is -0.506 e. The van der Waals surface area contributed by atoms with Crippen LogP contribution in [0.1, 0.15) is 0 Å². The molecule has 1 fully saturated rings. The van der Waals surface area contributed by atoms with E-state index in [0.717, 1.165) is 4.47 Å². The maximum Gasteiger partial charge on any atom is 0.243 e. The zero-order valence-electron chi connectivity index (χ0n) is 13.2. The largest absolute Gasteiger partial charge is 0.506 e. The Morgan fingerprint density at radius 1 is 1.04 bits per heavy atom. The van der Waals surface area contributed by atoms with Crippen molar-refractivity contribution in [3.63, 3.8) is 0 Å². The van der Waals surface area contributed by atoms with Gasteiger partial charge in [0.1, 0.15) is 11.4 Å². The molecule has 0 radical (unpaired) electrons. The summed E-state index contributed by atoms with van der Waals surface area (Å²) in [5, 5.41) is 17.8. The Labute approximate surface area is 154 Å². The molecule has 0 aromatic heterocycles. The number of aromatic hydroxyl groups is 1. The summed E-state index contributed by atoms with van der Waals surface area (Å²) in [4.78, 5) is 0.207. The summed E-state index contributed by atoms with van der Waals surface area (Å²) in [6, 6.07) is 11.0. The molecule has 0 amide bonds. The molecule has 0 atom stereocenters. The summed E-state index contributed by atoms with van der Waals surface area (Å²) < 4.78 is 32.4. The number of phenolic OH excluding ortho intramolecular Hbond substituents is 1. The summed E-state index contributed by atoms with van der Waals surface area (Å²) in [5.41, 5.74) is 0.805. The van der Waals surface area contributed by atoms with Crippen molar-refractivity contribution >= 4 is 37.3 Å². The highest BCUT2D eigenvalue weighted by atomic mass is 79.9. The van der Waals surface area contributed by atoms with E-state index in [4.69, 9.17) is 4.74 Å². The van der Waals surface area contributed by atoms with Gasteiger partial charge in [-0.25, -0.2) is 8.42 Å². The zero-order chi connectivity index (χ0) is 17.9. The Morgan fingerprint density at radius 3 is 2.40 bits per heavy atom. The van der Waals surface area contributed by atoms with Crippen LogP contribution in [-0.2, 0) is 14.8 Å². The van der Waals surface area contributed by atoms with E-state index >= 15 is 0 Å². The van der Waals surface area contributed by atoms with Crippen molar-refractivity contribution in [2.75, 3.05) is 26.3 Å². The summed E-state index contributed by atoms with van der Waals surface area (Å²) >= 11 is 3.30. The zero-order valence-corrected chi connectivity index (χ0v) is 15.6. The van der Waals surface area contributed by atoms with Gasteiger partial charge >= 0.3 is 0 Å². The van der Waals surface area contributed by atoms with Crippen molar-refractivity contribution in [3.8, 4) is 5.75 Å². The van der Waals surface area contributed by atoms with Gasteiger partial charge in [-0.05, 0) is 42.5 Å². The highest BCUT2D eigenvalue weighted by molar-refractivity contribution is 9.10. The molecule has 0 bridgehead atoms. The molecule has 132 valence electrons. The van der Waals surface area contributed by atoms with Crippen LogP contribution in [0.5, 0.6) is 5.75 Å². The second-order valence-corrected chi connectivity index (χ2v) is 8.20. The van der Waals surface area contributed by atoms with Crippen LogP contribution in [0.3, 0.4) is 0 Å². The van der Waals surface area contributed by atoms with Crippen LogP contribution < -0.4 is 0 Å². The van der Waals surface area contributed by atoms with Crippen LogP contribution in [-0.4, -0.2) is 44.1 Å². The van der Waals surface area contributed by atoms with E-state index in [2.05, 4.69) is 26.2 Å². The highest BCUT2D eigenvalue weighted by Gasteiger charge is 2.26. The van der Waals surface area contributed by atoms with E-state index in [9.17, 15) is 13.5 Å².